The fraction of sp³-hybridized carbons (Fsp3) is 0.385. The first-order valence-electron chi connectivity index (χ1n) is 5.38. The monoisotopic (exact) mass is 314 g/mol. The van der Waals surface area contributed by atoms with Crippen molar-refractivity contribution in [3.05, 3.63) is 45.6 Å². The van der Waals surface area contributed by atoms with Gasteiger partial charge in [0.25, 0.3) is 0 Å². The molecule has 0 radical (unpaired) electrons. The molecule has 2 heteroatoms. The van der Waals surface area contributed by atoms with Gasteiger partial charge in [-0.15, -0.1) is 0 Å². The van der Waals surface area contributed by atoms with Crippen molar-refractivity contribution in [3.8, 4) is 0 Å². The van der Waals surface area contributed by atoms with Crippen LogP contribution >= 0.6 is 22.6 Å². The van der Waals surface area contributed by atoms with Gasteiger partial charge in [0.2, 0.25) is 0 Å². The first-order valence-corrected chi connectivity index (χ1v) is 6.46. The van der Waals surface area contributed by atoms with Crippen molar-refractivity contribution >= 4 is 22.6 Å². The molecular weight excluding hydrogens is 299 g/mol. The van der Waals surface area contributed by atoms with Crippen LogP contribution in [0.3, 0.4) is 0 Å². The van der Waals surface area contributed by atoms with Crippen molar-refractivity contribution in [2.75, 3.05) is 0 Å². The van der Waals surface area contributed by atoms with Crippen LogP contribution in [0.5, 0.6) is 0 Å². The number of benzene rings is 1. The fourth-order valence-electron chi connectivity index (χ4n) is 1.73. The molecule has 1 aromatic carbocycles. The van der Waals surface area contributed by atoms with Gasteiger partial charge in [0, 0.05) is 3.57 Å². The lowest BCUT2D eigenvalue weighted by molar-refractivity contribution is 0.0622. The summed E-state index contributed by atoms with van der Waals surface area (Å²) in [4.78, 5) is 0. The first kappa shape index (κ1) is 11.1. The zero-order valence-electron chi connectivity index (χ0n) is 8.66. The maximum Gasteiger partial charge on any atom is 0.0760 e. The Morgan fingerprint density at radius 2 is 2.20 bits per heavy atom. The lowest BCUT2D eigenvalue weighted by Gasteiger charge is -2.17. The maximum atomic E-state index is 5.86. The SMILES string of the molecule is Ic1ccccc1COC1C=CCCC1. The maximum absolute atomic E-state index is 5.86. The summed E-state index contributed by atoms with van der Waals surface area (Å²) in [6, 6.07) is 8.38. The molecule has 1 nitrogen and oxygen atoms in total. The van der Waals surface area contributed by atoms with Crippen molar-refractivity contribution < 1.29 is 4.74 Å². The molecule has 0 saturated heterocycles. The smallest absolute Gasteiger partial charge is 0.0760 e. The number of hydrogen-bond acceptors (Lipinski definition) is 1. The minimum Gasteiger partial charge on any atom is -0.369 e. The highest BCUT2D eigenvalue weighted by atomic mass is 127. The Morgan fingerprint density at radius 3 is 2.93 bits per heavy atom. The standard InChI is InChI=1S/C13H15IO/c14-13-9-5-4-6-11(13)10-15-12-7-2-1-3-8-12/h2,4-7,9,12H,1,3,8,10H2. The van der Waals surface area contributed by atoms with Gasteiger partial charge < -0.3 is 4.74 Å². The number of allylic oxidation sites excluding steroid dienone is 1. The van der Waals surface area contributed by atoms with Crippen molar-refractivity contribution in [1.82, 2.24) is 0 Å². The Morgan fingerprint density at radius 1 is 1.33 bits per heavy atom. The predicted molar refractivity (Wildman–Crippen MR) is 70.7 cm³/mol. The Labute approximate surface area is 105 Å². The third-order valence-electron chi connectivity index (χ3n) is 2.62. The number of ether oxygens (including phenoxy) is 1. The van der Waals surface area contributed by atoms with Gasteiger partial charge >= 0.3 is 0 Å². The Balaban J connectivity index is 1.90. The normalized spacial score (nSPS) is 20.5. The van der Waals surface area contributed by atoms with Gasteiger partial charge in [-0.1, -0.05) is 30.4 Å². The second-order valence-electron chi connectivity index (χ2n) is 3.80. The van der Waals surface area contributed by atoms with E-state index in [4.69, 9.17) is 4.74 Å². The van der Waals surface area contributed by atoms with Crippen LogP contribution in [-0.4, -0.2) is 6.10 Å². The molecule has 0 fully saturated rings. The Bertz CT molecular complexity index is 346. The summed E-state index contributed by atoms with van der Waals surface area (Å²) < 4.78 is 7.15. The Kier molecular flexibility index (Phi) is 4.20. The van der Waals surface area contributed by atoms with Gasteiger partial charge in [-0.25, -0.2) is 0 Å². The first-order chi connectivity index (χ1) is 7.36. The highest BCUT2D eigenvalue weighted by Crippen LogP contribution is 2.17. The third-order valence-corrected chi connectivity index (χ3v) is 3.67. The second-order valence-corrected chi connectivity index (χ2v) is 4.96. The third kappa shape index (κ3) is 3.31. The number of hydrogen-bond donors (Lipinski definition) is 0. The van der Waals surface area contributed by atoms with E-state index in [9.17, 15) is 0 Å². The summed E-state index contributed by atoms with van der Waals surface area (Å²) in [5.74, 6) is 0. The lowest BCUT2D eigenvalue weighted by Crippen LogP contribution is -2.12. The average Bonchev–Trinajstić information content (AvgIpc) is 2.29. The lowest BCUT2D eigenvalue weighted by atomic mass is 10.1. The topological polar surface area (TPSA) is 9.23 Å². The van der Waals surface area contributed by atoms with Gasteiger partial charge in [-0.05, 0) is 53.5 Å². The summed E-state index contributed by atoms with van der Waals surface area (Å²) in [5.41, 5.74) is 1.29. The van der Waals surface area contributed by atoms with Crippen LogP contribution in [0.15, 0.2) is 36.4 Å². The summed E-state index contributed by atoms with van der Waals surface area (Å²) in [6.45, 7) is 0.730. The van der Waals surface area contributed by atoms with Crippen LogP contribution < -0.4 is 0 Å². The van der Waals surface area contributed by atoms with Crippen molar-refractivity contribution in [1.29, 1.82) is 0 Å². The molecule has 15 heavy (non-hydrogen) atoms. The van der Waals surface area contributed by atoms with Gasteiger partial charge in [-0.3, -0.25) is 0 Å². The van der Waals surface area contributed by atoms with Gasteiger partial charge in [0.15, 0.2) is 0 Å². The molecule has 0 heterocycles. The molecule has 1 aliphatic rings. The van der Waals surface area contributed by atoms with Crippen LogP contribution in [0.1, 0.15) is 24.8 Å². The molecule has 0 amide bonds. The van der Waals surface area contributed by atoms with Crippen LogP contribution in [0.2, 0.25) is 0 Å². The molecule has 0 saturated carbocycles. The largest absolute Gasteiger partial charge is 0.369 e. The molecule has 80 valence electrons. The fourth-order valence-corrected chi connectivity index (χ4v) is 2.28. The second kappa shape index (κ2) is 5.66. The molecule has 0 spiro atoms. The minimum absolute atomic E-state index is 0.328. The summed E-state index contributed by atoms with van der Waals surface area (Å²) >= 11 is 2.36. The molecule has 0 aromatic heterocycles. The van der Waals surface area contributed by atoms with E-state index in [1.54, 1.807) is 0 Å². The number of halogens is 1. The molecule has 0 N–H and O–H groups in total. The molecular formula is C13H15IO. The van der Waals surface area contributed by atoms with Crippen LogP contribution in [0, 0.1) is 3.57 Å². The van der Waals surface area contributed by atoms with Gasteiger partial charge in [0.05, 0.1) is 12.7 Å². The van der Waals surface area contributed by atoms with Crippen LogP contribution in [0.4, 0.5) is 0 Å². The van der Waals surface area contributed by atoms with E-state index >= 15 is 0 Å². The molecule has 1 aromatic rings. The predicted octanol–water partition coefficient (Wildman–Crippen LogP) is 3.92. The van der Waals surface area contributed by atoms with Crippen LogP contribution in [-0.2, 0) is 11.3 Å². The van der Waals surface area contributed by atoms with Crippen molar-refractivity contribution in [2.24, 2.45) is 0 Å². The average molecular weight is 314 g/mol. The van der Waals surface area contributed by atoms with E-state index in [0.29, 0.717) is 6.10 Å². The molecule has 1 atom stereocenters. The summed E-state index contributed by atoms with van der Waals surface area (Å²) in [7, 11) is 0. The molecule has 0 aliphatic heterocycles. The van der Waals surface area contributed by atoms with Gasteiger partial charge in [-0.2, -0.15) is 0 Å². The molecule has 1 unspecified atom stereocenters. The highest BCUT2D eigenvalue weighted by Gasteiger charge is 2.09. The molecule has 1 aliphatic carbocycles. The van der Waals surface area contributed by atoms with E-state index in [2.05, 4.69) is 59.0 Å². The highest BCUT2D eigenvalue weighted by molar-refractivity contribution is 14.1. The van der Waals surface area contributed by atoms with Crippen molar-refractivity contribution in [3.63, 3.8) is 0 Å². The summed E-state index contributed by atoms with van der Waals surface area (Å²) in [6.07, 6.45) is 8.38. The van der Waals surface area contributed by atoms with Gasteiger partial charge in [0.1, 0.15) is 0 Å². The zero-order valence-corrected chi connectivity index (χ0v) is 10.8. The quantitative estimate of drug-likeness (QED) is 0.607. The summed E-state index contributed by atoms with van der Waals surface area (Å²) in [5, 5.41) is 0. The minimum atomic E-state index is 0.328. The Hall–Kier alpha value is -0.350. The molecule has 0 bridgehead atoms. The van der Waals surface area contributed by atoms with E-state index in [1.165, 1.54) is 28.4 Å². The van der Waals surface area contributed by atoms with Crippen molar-refractivity contribution in [2.45, 2.75) is 32.0 Å². The van der Waals surface area contributed by atoms with E-state index < -0.39 is 0 Å². The number of rotatable bonds is 3. The van der Waals surface area contributed by atoms with Crippen LogP contribution in [0.25, 0.3) is 0 Å². The zero-order chi connectivity index (χ0) is 10.5. The van der Waals surface area contributed by atoms with E-state index in [-0.39, 0.29) is 0 Å². The molecule has 2 rings (SSSR count). The van der Waals surface area contributed by atoms with E-state index in [1.807, 2.05) is 0 Å². The van der Waals surface area contributed by atoms with E-state index in [0.717, 1.165) is 6.61 Å².